The van der Waals surface area contributed by atoms with E-state index in [2.05, 4.69) is 15.3 Å². The lowest BCUT2D eigenvalue weighted by molar-refractivity contribution is -0.143. The summed E-state index contributed by atoms with van der Waals surface area (Å²) >= 11 is 6.65. The van der Waals surface area contributed by atoms with Gasteiger partial charge in [-0.15, -0.1) is 10.2 Å². The molecular formula is C15H10ClF3N4O4S2. The van der Waals surface area contributed by atoms with Crippen molar-refractivity contribution in [3.8, 4) is 21.3 Å². The highest BCUT2D eigenvalue weighted by molar-refractivity contribution is 7.90. The van der Waals surface area contributed by atoms with Crippen LogP contribution in [0.1, 0.15) is 5.69 Å². The number of hydrogen-bond acceptors (Lipinski definition) is 7. The number of alkyl halides is 3. The van der Waals surface area contributed by atoms with Gasteiger partial charge in [-0.1, -0.05) is 35.1 Å². The molecule has 1 N–H and O–H groups in total. The van der Waals surface area contributed by atoms with E-state index in [-0.39, 0.29) is 20.6 Å². The molecule has 0 amide bonds. The predicted octanol–water partition coefficient (Wildman–Crippen LogP) is 3.23. The van der Waals surface area contributed by atoms with Gasteiger partial charge >= 0.3 is 12.1 Å². The number of rotatable bonds is 5. The molecule has 0 radical (unpaired) electrons. The summed E-state index contributed by atoms with van der Waals surface area (Å²) in [5.41, 5.74) is -1.41. The first kappa shape index (κ1) is 21.2. The van der Waals surface area contributed by atoms with Crippen LogP contribution in [0.5, 0.6) is 0 Å². The minimum Gasteiger partial charge on any atom is -0.480 e. The lowest BCUT2D eigenvalue weighted by Crippen LogP contribution is -2.13. The Morgan fingerprint density at radius 2 is 1.93 bits per heavy atom. The van der Waals surface area contributed by atoms with E-state index in [0.29, 0.717) is 10.2 Å². The van der Waals surface area contributed by atoms with Gasteiger partial charge in [0, 0.05) is 11.8 Å². The average Bonchev–Trinajstić information content (AvgIpc) is 3.18. The Kier molecular flexibility index (Phi) is 5.40. The molecule has 0 aliphatic heterocycles. The van der Waals surface area contributed by atoms with Gasteiger partial charge in [-0.25, -0.2) is 13.1 Å². The van der Waals surface area contributed by atoms with E-state index in [0.717, 1.165) is 17.6 Å². The first-order valence-electron chi connectivity index (χ1n) is 7.57. The monoisotopic (exact) mass is 466 g/mol. The van der Waals surface area contributed by atoms with Crippen molar-refractivity contribution >= 4 is 38.7 Å². The van der Waals surface area contributed by atoms with Crippen LogP contribution in [0.25, 0.3) is 21.3 Å². The molecule has 0 spiro atoms. The van der Waals surface area contributed by atoms with E-state index in [1.807, 2.05) is 0 Å². The van der Waals surface area contributed by atoms with Crippen LogP contribution in [0.15, 0.2) is 29.2 Å². The highest BCUT2D eigenvalue weighted by Gasteiger charge is 2.40. The van der Waals surface area contributed by atoms with Crippen LogP contribution in [0, 0.1) is 0 Å². The molecule has 0 unspecified atom stereocenters. The molecule has 29 heavy (non-hydrogen) atoms. The Balaban J connectivity index is 2.11. The van der Waals surface area contributed by atoms with Crippen LogP contribution in [0.2, 0.25) is 5.02 Å². The Morgan fingerprint density at radius 1 is 1.28 bits per heavy atom. The van der Waals surface area contributed by atoms with Crippen LogP contribution in [0.4, 0.5) is 13.2 Å². The molecule has 2 aromatic heterocycles. The van der Waals surface area contributed by atoms with Crippen molar-refractivity contribution in [1.82, 2.24) is 20.0 Å². The standard InChI is InChI=1S/C15H10ClF3N4O4S2/c1-29(26,27)8-4-2-3-7(5-8)13-20-21-14(28-13)11-10(16)12(15(17,18)19)22-23(11)6-9(24)25/h2-5H,6H2,1H3,(H,24,25). The molecule has 0 bridgehead atoms. The summed E-state index contributed by atoms with van der Waals surface area (Å²) in [6.45, 7) is -0.871. The molecular weight excluding hydrogens is 457 g/mol. The SMILES string of the molecule is CS(=O)(=O)c1cccc(-c2nnc(-c3c(Cl)c(C(F)(F)F)nn3CC(=O)O)s2)c1. The maximum Gasteiger partial charge on any atom is 0.436 e. The van der Waals surface area contributed by atoms with E-state index >= 15 is 0 Å². The molecule has 154 valence electrons. The summed E-state index contributed by atoms with van der Waals surface area (Å²) < 4.78 is 63.4. The van der Waals surface area contributed by atoms with Crippen molar-refractivity contribution in [3.05, 3.63) is 35.0 Å². The van der Waals surface area contributed by atoms with Crippen molar-refractivity contribution < 1.29 is 31.5 Å². The number of aliphatic carboxylic acids is 1. The largest absolute Gasteiger partial charge is 0.480 e. The molecule has 3 rings (SSSR count). The lowest BCUT2D eigenvalue weighted by Gasteiger charge is -2.01. The normalized spacial score (nSPS) is 12.3. The third-order valence-electron chi connectivity index (χ3n) is 3.58. The Labute approximate surface area is 170 Å². The molecule has 0 fully saturated rings. The van der Waals surface area contributed by atoms with Crippen LogP contribution < -0.4 is 0 Å². The number of carboxylic acids is 1. The minimum absolute atomic E-state index is 0.0278. The molecule has 0 saturated carbocycles. The molecule has 2 heterocycles. The Hall–Kier alpha value is -2.51. The van der Waals surface area contributed by atoms with Gasteiger partial charge in [0.1, 0.15) is 22.3 Å². The topological polar surface area (TPSA) is 115 Å². The second kappa shape index (κ2) is 7.39. The molecule has 3 aromatic rings. The highest BCUT2D eigenvalue weighted by Crippen LogP contribution is 2.41. The third kappa shape index (κ3) is 4.41. The van der Waals surface area contributed by atoms with Crippen molar-refractivity contribution in [2.24, 2.45) is 0 Å². The number of hydrogen-bond donors (Lipinski definition) is 1. The smallest absolute Gasteiger partial charge is 0.436 e. The molecule has 0 aliphatic rings. The number of carbonyl (C=O) groups is 1. The number of aromatic nitrogens is 4. The summed E-state index contributed by atoms with van der Waals surface area (Å²) in [7, 11) is -3.49. The summed E-state index contributed by atoms with van der Waals surface area (Å²) in [6, 6.07) is 5.76. The van der Waals surface area contributed by atoms with E-state index in [9.17, 15) is 26.4 Å². The Morgan fingerprint density at radius 3 is 2.52 bits per heavy atom. The second-order valence-corrected chi connectivity index (χ2v) is 9.14. The maximum absolute atomic E-state index is 13.1. The fourth-order valence-corrected chi connectivity index (χ4v) is 4.31. The minimum atomic E-state index is -4.90. The van der Waals surface area contributed by atoms with Crippen LogP contribution in [0.3, 0.4) is 0 Å². The zero-order valence-electron chi connectivity index (χ0n) is 14.3. The predicted molar refractivity (Wildman–Crippen MR) is 97.3 cm³/mol. The van der Waals surface area contributed by atoms with Crippen molar-refractivity contribution in [2.45, 2.75) is 17.6 Å². The van der Waals surface area contributed by atoms with Gasteiger partial charge in [0.05, 0.1) is 4.90 Å². The Bertz CT molecular complexity index is 1200. The number of benzene rings is 1. The van der Waals surface area contributed by atoms with Crippen molar-refractivity contribution in [2.75, 3.05) is 6.26 Å². The average molecular weight is 467 g/mol. The number of nitrogens with zero attached hydrogens (tertiary/aromatic N) is 4. The zero-order chi connectivity index (χ0) is 21.6. The highest BCUT2D eigenvalue weighted by atomic mass is 35.5. The van der Waals surface area contributed by atoms with Gasteiger partial charge in [-0.2, -0.15) is 18.3 Å². The van der Waals surface area contributed by atoms with Gasteiger partial charge in [-0.05, 0) is 12.1 Å². The molecule has 1 aromatic carbocycles. The lowest BCUT2D eigenvalue weighted by atomic mass is 10.2. The van der Waals surface area contributed by atoms with E-state index in [1.54, 1.807) is 6.07 Å². The van der Waals surface area contributed by atoms with Gasteiger partial charge in [0.15, 0.2) is 20.5 Å². The van der Waals surface area contributed by atoms with Gasteiger partial charge in [0.2, 0.25) is 0 Å². The first-order chi connectivity index (χ1) is 13.4. The van der Waals surface area contributed by atoms with Gasteiger partial charge in [-0.3, -0.25) is 4.79 Å². The molecule has 0 atom stereocenters. The van der Waals surface area contributed by atoms with Gasteiger partial charge < -0.3 is 5.11 Å². The molecule has 0 saturated heterocycles. The fourth-order valence-electron chi connectivity index (χ4n) is 2.36. The summed E-state index contributed by atoms with van der Waals surface area (Å²) in [5, 5.41) is 19.2. The van der Waals surface area contributed by atoms with Gasteiger partial charge in [0.25, 0.3) is 0 Å². The zero-order valence-corrected chi connectivity index (χ0v) is 16.7. The first-order valence-corrected chi connectivity index (χ1v) is 10.7. The van der Waals surface area contributed by atoms with E-state index < -0.39 is 39.2 Å². The number of halogens is 4. The maximum atomic E-state index is 13.1. The third-order valence-corrected chi connectivity index (χ3v) is 6.03. The van der Waals surface area contributed by atoms with Crippen molar-refractivity contribution in [1.29, 1.82) is 0 Å². The van der Waals surface area contributed by atoms with Crippen LogP contribution in [-0.2, 0) is 27.4 Å². The van der Waals surface area contributed by atoms with Crippen LogP contribution >= 0.6 is 22.9 Å². The number of carboxylic acid groups (broad SMARTS) is 1. The van der Waals surface area contributed by atoms with E-state index in [4.69, 9.17) is 16.7 Å². The molecule has 8 nitrogen and oxygen atoms in total. The molecule has 14 heteroatoms. The summed E-state index contributed by atoms with van der Waals surface area (Å²) in [6.07, 6.45) is -3.87. The summed E-state index contributed by atoms with van der Waals surface area (Å²) in [4.78, 5) is 11.0. The van der Waals surface area contributed by atoms with Crippen LogP contribution in [-0.4, -0.2) is 45.7 Å². The molecule has 0 aliphatic carbocycles. The van der Waals surface area contributed by atoms with E-state index in [1.165, 1.54) is 18.2 Å². The quantitative estimate of drug-likeness (QED) is 0.613. The number of sulfone groups is 1. The van der Waals surface area contributed by atoms with Crippen molar-refractivity contribution in [3.63, 3.8) is 0 Å². The summed E-state index contributed by atoms with van der Waals surface area (Å²) in [5.74, 6) is -1.43. The fraction of sp³-hybridized carbons (Fsp3) is 0.200. The second-order valence-electron chi connectivity index (χ2n) is 5.77.